The van der Waals surface area contributed by atoms with Gasteiger partial charge in [-0.05, 0) is 12.8 Å². The number of imidazole rings is 1. The lowest BCUT2D eigenvalue weighted by molar-refractivity contribution is 0.111. The van der Waals surface area contributed by atoms with E-state index >= 15 is 0 Å². The Morgan fingerprint density at radius 3 is 3.18 bits per heavy atom. The molecule has 3 nitrogen and oxygen atoms in total. The number of carbonyl (C=O) groups is 1. The summed E-state index contributed by atoms with van der Waals surface area (Å²) in [5.74, 6) is 0. The standard InChI is InChI=1S/C8H12N2O/c1-2-3-4-7-8(5-11)10-6-9-7/h5-6H,2-4H2,1H3,(H,9,10). The fourth-order valence-corrected chi connectivity index (χ4v) is 0.987. The van der Waals surface area contributed by atoms with Crippen molar-refractivity contribution in [3.05, 3.63) is 17.7 Å². The van der Waals surface area contributed by atoms with Gasteiger partial charge in [0.05, 0.1) is 6.33 Å². The molecule has 0 aliphatic rings. The molecular weight excluding hydrogens is 140 g/mol. The molecule has 60 valence electrons. The molecule has 0 amide bonds. The highest BCUT2D eigenvalue weighted by atomic mass is 16.1. The van der Waals surface area contributed by atoms with Crippen LogP contribution in [0.3, 0.4) is 0 Å². The van der Waals surface area contributed by atoms with Gasteiger partial charge >= 0.3 is 0 Å². The van der Waals surface area contributed by atoms with E-state index in [1.165, 1.54) is 0 Å². The van der Waals surface area contributed by atoms with Crippen molar-refractivity contribution < 1.29 is 4.79 Å². The molecule has 1 rings (SSSR count). The Kier molecular flexibility index (Phi) is 2.83. The lowest BCUT2D eigenvalue weighted by Gasteiger charge is -1.94. The van der Waals surface area contributed by atoms with Gasteiger partial charge in [0.2, 0.25) is 0 Å². The number of unbranched alkanes of at least 4 members (excludes halogenated alkanes) is 1. The number of aromatic nitrogens is 2. The Morgan fingerprint density at radius 2 is 2.55 bits per heavy atom. The average Bonchev–Trinajstić information content (AvgIpc) is 2.47. The van der Waals surface area contributed by atoms with E-state index in [2.05, 4.69) is 16.9 Å². The van der Waals surface area contributed by atoms with E-state index in [1.54, 1.807) is 6.33 Å². The number of aryl methyl sites for hydroxylation is 1. The summed E-state index contributed by atoms with van der Waals surface area (Å²) in [4.78, 5) is 17.2. The molecule has 1 N–H and O–H groups in total. The molecule has 0 bridgehead atoms. The van der Waals surface area contributed by atoms with E-state index in [4.69, 9.17) is 0 Å². The normalized spacial score (nSPS) is 9.91. The lowest BCUT2D eigenvalue weighted by atomic mass is 10.2. The maximum atomic E-state index is 10.4. The van der Waals surface area contributed by atoms with Crippen molar-refractivity contribution in [2.45, 2.75) is 26.2 Å². The second-order valence-corrected chi connectivity index (χ2v) is 2.49. The van der Waals surface area contributed by atoms with Crippen molar-refractivity contribution >= 4 is 6.29 Å². The number of hydrogen-bond acceptors (Lipinski definition) is 2. The molecule has 0 fully saturated rings. The van der Waals surface area contributed by atoms with E-state index in [-0.39, 0.29) is 0 Å². The van der Waals surface area contributed by atoms with Gasteiger partial charge in [0.15, 0.2) is 6.29 Å². The maximum absolute atomic E-state index is 10.4. The SMILES string of the molecule is CCCCc1[nH]cnc1C=O. The zero-order chi connectivity index (χ0) is 8.10. The van der Waals surface area contributed by atoms with Crippen molar-refractivity contribution in [1.82, 2.24) is 9.97 Å². The molecule has 0 saturated heterocycles. The summed E-state index contributed by atoms with van der Waals surface area (Å²) in [5, 5.41) is 0. The first kappa shape index (κ1) is 7.98. The quantitative estimate of drug-likeness (QED) is 0.665. The van der Waals surface area contributed by atoms with Crippen LogP contribution in [0.1, 0.15) is 35.9 Å². The Balaban J connectivity index is 2.61. The third-order valence-corrected chi connectivity index (χ3v) is 1.64. The van der Waals surface area contributed by atoms with E-state index in [9.17, 15) is 4.79 Å². The van der Waals surface area contributed by atoms with Crippen molar-refractivity contribution in [3.8, 4) is 0 Å². The van der Waals surface area contributed by atoms with Gasteiger partial charge in [-0.2, -0.15) is 0 Å². The second-order valence-electron chi connectivity index (χ2n) is 2.49. The topological polar surface area (TPSA) is 45.8 Å². The van der Waals surface area contributed by atoms with E-state index in [0.29, 0.717) is 5.69 Å². The summed E-state index contributed by atoms with van der Waals surface area (Å²) in [6.45, 7) is 2.12. The predicted molar refractivity (Wildman–Crippen MR) is 42.6 cm³/mol. The Morgan fingerprint density at radius 1 is 1.73 bits per heavy atom. The second kappa shape index (κ2) is 3.91. The van der Waals surface area contributed by atoms with Crippen LogP contribution in [0.25, 0.3) is 0 Å². The summed E-state index contributed by atoms with van der Waals surface area (Å²) in [5.41, 5.74) is 1.51. The smallest absolute Gasteiger partial charge is 0.170 e. The monoisotopic (exact) mass is 152 g/mol. The Hall–Kier alpha value is -1.12. The van der Waals surface area contributed by atoms with E-state index in [0.717, 1.165) is 31.2 Å². The van der Waals surface area contributed by atoms with Gasteiger partial charge in [0.1, 0.15) is 5.69 Å². The molecule has 3 heteroatoms. The van der Waals surface area contributed by atoms with Gasteiger partial charge in [-0.1, -0.05) is 13.3 Å². The number of nitrogens with zero attached hydrogens (tertiary/aromatic N) is 1. The number of hydrogen-bond donors (Lipinski definition) is 1. The molecule has 0 atom stereocenters. The number of carbonyl (C=O) groups excluding carboxylic acids is 1. The Labute approximate surface area is 65.8 Å². The number of aromatic amines is 1. The highest BCUT2D eigenvalue weighted by molar-refractivity contribution is 5.73. The summed E-state index contributed by atoms with van der Waals surface area (Å²) >= 11 is 0. The maximum Gasteiger partial charge on any atom is 0.170 e. The van der Waals surface area contributed by atoms with Crippen LogP contribution in [-0.2, 0) is 6.42 Å². The molecule has 0 spiro atoms. The van der Waals surface area contributed by atoms with Gasteiger partial charge < -0.3 is 4.98 Å². The molecule has 0 aliphatic carbocycles. The fourth-order valence-electron chi connectivity index (χ4n) is 0.987. The zero-order valence-corrected chi connectivity index (χ0v) is 6.63. The van der Waals surface area contributed by atoms with Crippen LogP contribution in [0.2, 0.25) is 0 Å². The predicted octanol–water partition coefficient (Wildman–Crippen LogP) is 1.56. The van der Waals surface area contributed by atoms with Crippen LogP contribution >= 0.6 is 0 Å². The molecule has 0 saturated carbocycles. The molecule has 0 aromatic carbocycles. The minimum atomic E-state index is 0.554. The molecule has 1 heterocycles. The first-order chi connectivity index (χ1) is 5.38. The van der Waals surface area contributed by atoms with Crippen molar-refractivity contribution in [2.24, 2.45) is 0 Å². The van der Waals surface area contributed by atoms with Crippen molar-refractivity contribution in [1.29, 1.82) is 0 Å². The Bertz CT molecular complexity index is 230. The molecular formula is C8H12N2O. The van der Waals surface area contributed by atoms with E-state index < -0.39 is 0 Å². The lowest BCUT2D eigenvalue weighted by Crippen LogP contribution is -1.90. The van der Waals surface area contributed by atoms with Crippen LogP contribution in [0, 0.1) is 0 Å². The molecule has 0 radical (unpaired) electrons. The van der Waals surface area contributed by atoms with Crippen LogP contribution in [0.4, 0.5) is 0 Å². The minimum absolute atomic E-state index is 0.554. The molecule has 1 aromatic rings. The minimum Gasteiger partial charge on any atom is -0.348 e. The van der Waals surface area contributed by atoms with Crippen molar-refractivity contribution in [3.63, 3.8) is 0 Å². The van der Waals surface area contributed by atoms with Crippen molar-refractivity contribution in [2.75, 3.05) is 0 Å². The van der Waals surface area contributed by atoms with Gasteiger partial charge in [0, 0.05) is 5.69 Å². The molecule has 1 aromatic heterocycles. The third-order valence-electron chi connectivity index (χ3n) is 1.64. The van der Waals surface area contributed by atoms with E-state index in [1.807, 2.05) is 0 Å². The van der Waals surface area contributed by atoms with Gasteiger partial charge in [-0.25, -0.2) is 4.98 Å². The molecule has 11 heavy (non-hydrogen) atoms. The fraction of sp³-hybridized carbons (Fsp3) is 0.500. The highest BCUT2D eigenvalue weighted by Crippen LogP contribution is 2.04. The van der Waals surface area contributed by atoms with Gasteiger partial charge in [0.25, 0.3) is 0 Å². The highest BCUT2D eigenvalue weighted by Gasteiger charge is 2.01. The van der Waals surface area contributed by atoms with Crippen LogP contribution in [0.15, 0.2) is 6.33 Å². The van der Waals surface area contributed by atoms with Crippen LogP contribution in [-0.4, -0.2) is 16.3 Å². The number of rotatable bonds is 4. The number of aldehydes is 1. The largest absolute Gasteiger partial charge is 0.348 e. The van der Waals surface area contributed by atoms with Gasteiger partial charge in [-0.3, -0.25) is 4.79 Å². The summed E-state index contributed by atoms with van der Waals surface area (Å²) in [7, 11) is 0. The summed E-state index contributed by atoms with van der Waals surface area (Å²) in [6.07, 6.45) is 5.52. The molecule has 0 aliphatic heterocycles. The summed E-state index contributed by atoms with van der Waals surface area (Å²) in [6, 6.07) is 0. The van der Waals surface area contributed by atoms with Gasteiger partial charge in [-0.15, -0.1) is 0 Å². The number of H-pyrrole nitrogens is 1. The van der Waals surface area contributed by atoms with Crippen LogP contribution in [0.5, 0.6) is 0 Å². The first-order valence-corrected chi connectivity index (χ1v) is 3.86. The number of nitrogens with one attached hydrogen (secondary N) is 1. The summed E-state index contributed by atoms with van der Waals surface area (Å²) < 4.78 is 0. The van der Waals surface area contributed by atoms with Crippen LogP contribution < -0.4 is 0 Å². The third kappa shape index (κ3) is 1.90. The first-order valence-electron chi connectivity index (χ1n) is 3.86. The molecule has 0 unspecified atom stereocenters. The average molecular weight is 152 g/mol. The zero-order valence-electron chi connectivity index (χ0n) is 6.63.